The molecule has 3 aliphatic heterocycles. The van der Waals surface area contributed by atoms with Crippen LogP contribution in [0.2, 0.25) is 0 Å². The normalized spacial score (nSPS) is 21.3. The van der Waals surface area contributed by atoms with Crippen molar-refractivity contribution in [3.05, 3.63) is 89.3 Å². The van der Waals surface area contributed by atoms with Crippen LogP contribution in [0, 0.1) is 0 Å². The highest BCUT2D eigenvalue weighted by atomic mass is 16.5. The summed E-state index contributed by atoms with van der Waals surface area (Å²) in [5.74, 6) is -0.790. The zero-order valence-electron chi connectivity index (χ0n) is 21.3. The summed E-state index contributed by atoms with van der Waals surface area (Å²) in [6, 6.07) is 15.9. The summed E-state index contributed by atoms with van der Waals surface area (Å²) in [5, 5.41) is 11.5. The molecule has 1 unspecified atom stereocenters. The molecule has 8 heteroatoms. The zero-order valence-corrected chi connectivity index (χ0v) is 21.3. The fraction of sp³-hybridized carbons (Fsp3) is 0.300. The molecule has 1 amide bonds. The average molecular weight is 511 g/mol. The maximum absolute atomic E-state index is 13.5. The van der Waals surface area contributed by atoms with Gasteiger partial charge in [-0.1, -0.05) is 6.07 Å². The molecule has 1 aromatic heterocycles. The molecule has 0 aliphatic carbocycles. The van der Waals surface area contributed by atoms with E-state index in [1.807, 2.05) is 42.5 Å². The number of aliphatic hydroxyl groups is 1. The molecular formula is C30H30N4O4. The van der Waals surface area contributed by atoms with Crippen LogP contribution in [0.1, 0.15) is 29.2 Å². The molecule has 0 radical (unpaired) electrons. The number of ketones is 1. The van der Waals surface area contributed by atoms with Crippen molar-refractivity contribution in [1.29, 1.82) is 0 Å². The van der Waals surface area contributed by atoms with Gasteiger partial charge < -0.3 is 19.6 Å². The number of aromatic nitrogens is 1. The van der Waals surface area contributed by atoms with Gasteiger partial charge in [0.05, 0.1) is 18.2 Å². The number of carbonyl (C=O) groups excluding carboxylic acids is 2. The van der Waals surface area contributed by atoms with Crippen LogP contribution in [0.25, 0.3) is 5.76 Å². The van der Waals surface area contributed by atoms with Gasteiger partial charge in [0, 0.05) is 55.5 Å². The molecule has 0 bridgehead atoms. The number of piperazine rings is 1. The molecule has 6 rings (SSSR count). The van der Waals surface area contributed by atoms with Crippen molar-refractivity contribution in [2.75, 3.05) is 49.6 Å². The van der Waals surface area contributed by atoms with Crippen molar-refractivity contribution < 1.29 is 19.4 Å². The number of carbonyl (C=O) groups is 2. The summed E-state index contributed by atoms with van der Waals surface area (Å²) >= 11 is 0. The van der Waals surface area contributed by atoms with Crippen LogP contribution in [0.15, 0.2) is 72.6 Å². The molecule has 2 saturated heterocycles. The minimum atomic E-state index is -0.800. The first-order valence-corrected chi connectivity index (χ1v) is 13.0. The van der Waals surface area contributed by atoms with Gasteiger partial charge in [0.15, 0.2) is 0 Å². The molecule has 3 aromatic rings. The van der Waals surface area contributed by atoms with Crippen molar-refractivity contribution in [2.24, 2.45) is 0 Å². The summed E-state index contributed by atoms with van der Waals surface area (Å²) in [6.07, 6.45) is 5.00. The molecule has 1 N–H and O–H groups in total. The number of benzene rings is 2. The van der Waals surface area contributed by atoms with Crippen molar-refractivity contribution in [2.45, 2.75) is 18.9 Å². The van der Waals surface area contributed by atoms with Gasteiger partial charge >= 0.3 is 0 Å². The number of fused-ring (bicyclic) bond motifs is 1. The molecule has 38 heavy (non-hydrogen) atoms. The highest BCUT2D eigenvalue weighted by molar-refractivity contribution is 6.51. The van der Waals surface area contributed by atoms with Crippen LogP contribution in [0.3, 0.4) is 0 Å². The molecule has 0 spiro atoms. The Kier molecular flexibility index (Phi) is 6.33. The third-order valence-corrected chi connectivity index (χ3v) is 7.62. The highest BCUT2D eigenvalue weighted by Crippen LogP contribution is 2.42. The second-order valence-corrected chi connectivity index (χ2v) is 10.0. The SMILES string of the molecule is CN1CCN(c2ccc(N3C(=O)C(=O)/C(=C(\O)c4ccc5c(c4)CCCO5)C3c3cccnc3)cc2)CC1. The van der Waals surface area contributed by atoms with E-state index in [1.54, 1.807) is 24.5 Å². The van der Waals surface area contributed by atoms with Crippen LogP contribution in [-0.2, 0) is 16.0 Å². The second-order valence-electron chi connectivity index (χ2n) is 10.0. The lowest BCUT2D eigenvalue weighted by molar-refractivity contribution is -0.132. The largest absolute Gasteiger partial charge is 0.507 e. The van der Waals surface area contributed by atoms with Gasteiger partial charge in [-0.15, -0.1) is 0 Å². The van der Waals surface area contributed by atoms with Gasteiger partial charge in [-0.25, -0.2) is 0 Å². The summed E-state index contributed by atoms with van der Waals surface area (Å²) < 4.78 is 5.70. The Morgan fingerprint density at radius 3 is 2.50 bits per heavy atom. The molecule has 1 atom stereocenters. The Hall–Kier alpha value is -4.17. The van der Waals surface area contributed by atoms with E-state index in [-0.39, 0.29) is 11.3 Å². The van der Waals surface area contributed by atoms with Gasteiger partial charge in [-0.05, 0) is 79.5 Å². The number of likely N-dealkylation sites (N-methyl/N-ethyl adjacent to an activating group) is 1. The number of hydrogen-bond acceptors (Lipinski definition) is 7. The number of nitrogens with zero attached hydrogens (tertiary/aromatic N) is 4. The maximum Gasteiger partial charge on any atom is 0.300 e. The summed E-state index contributed by atoms with van der Waals surface area (Å²) in [6.45, 7) is 4.51. The lowest BCUT2D eigenvalue weighted by atomic mass is 9.94. The van der Waals surface area contributed by atoms with Crippen LogP contribution in [-0.4, -0.2) is 66.5 Å². The van der Waals surface area contributed by atoms with Crippen LogP contribution in [0.4, 0.5) is 11.4 Å². The van der Waals surface area contributed by atoms with E-state index in [0.29, 0.717) is 23.4 Å². The number of amides is 1. The van der Waals surface area contributed by atoms with Crippen LogP contribution in [0.5, 0.6) is 5.75 Å². The van der Waals surface area contributed by atoms with E-state index in [4.69, 9.17) is 4.74 Å². The predicted molar refractivity (Wildman–Crippen MR) is 145 cm³/mol. The first-order chi connectivity index (χ1) is 18.5. The Balaban J connectivity index is 1.40. The molecule has 0 saturated carbocycles. The van der Waals surface area contributed by atoms with Crippen molar-refractivity contribution in [3.8, 4) is 5.75 Å². The van der Waals surface area contributed by atoms with Gasteiger partial charge in [0.25, 0.3) is 11.7 Å². The number of pyridine rings is 1. The van der Waals surface area contributed by atoms with Gasteiger partial charge in [0.2, 0.25) is 0 Å². The van der Waals surface area contributed by atoms with Crippen molar-refractivity contribution >= 4 is 28.8 Å². The number of aliphatic hydroxyl groups excluding tert-OH is 1. The van der Waals surface area contributed by atoms with E-state index in [0.717, 1.165) is 56.0 Å². The minimum absolute atomic E-state index is 0.0582. The molecule has 4 heterocycles. The highest BCUT2D eigenvalue weighted by Gasteiger charge is 2.47. The fourth-order valence-electron chi connectivity index (χ4n) is 5.50. The lowest BCUT2D eigenvalue weighted by Gasteiger charge is -2.34. The minimum Gasteiger partial charge on any atom is -0.507 e. The number of ether oxygens (including phenoxy) is 1. The number of rotatable bonds is 4. The number of aryl methyl sites for hydroxylation is 1. The van der Waals surface area contributed by atoms with E-state index < -0.39 is 17.7 Å². The Bertz CT molecular complexity index is 1400. The lowest BCUT2D eigenvalue weighted by Crippen LogP contribution is -2.44. The Morgan fingerprint density at radius 2 is 1.76 bits per heavy atom. The van der Waals surface area contributed by atoms with Crippen molar-refractivity contribution in [3.63, 3.8) is 0 Å². The molecule has 194 valence electrons. The van der Waals surface area contributed by atoms with Gasteiger partial charge in [-0.2, -0.15) is 0 Å². The first kappa shape index (κ1) is 24.2. The second kappa shape index (κ2) is 9.95. The molecular weight excluding hydrogens is 480 g/mol. The fourth-order valence-corrected chi connectivity index (χ4v) is 5.50. The Labute approximate surface area is 221 Å². The van der Waals surface area contributed by atoms with E-state index in [2.05, 4.69) is 21.8 Å². The molecule has 2 fully saturated rings. The van der Waals surface area contributed by atoms with Crippen LogP contribution >= 0.6 is 0 Å². The van der Waals surface area contributed by atoms with E-state index in [1.165, 1.54) is 4.90 Å². The topological polar surface area (TPSA) is 86.2 Å². The van der Waals surface area contributed by atoms with E-state index in [9.17, 15) is 14.7 Å². The maximum atomic E-state index is 13.5. The third kappa shape index (κ3) is 4.31. The van der Waals surface area contributed by atoms with Crippen molar-refractivity contribution in [1.82, 2.24) is 9.88 Å². The van der Waals surface area contributed by atoms with Gasteiger partial charge in [-0.3, -0.25) is 19.5 Å². The first-order valence-electron chi connectivity index (χ1n) is 13.0. The quantitative estimate of drug-likeness (QED) is 0.325. The summed E-state index contributed by atoms with van der Waals surface area (Å²) in [7, 11) is 2.12. The summed E-state index contributed by atoms with van der Waals surface area (Å²) in [5.41, 5.74) is 3.85. The summed E-state index contributed by atoms with van der Waals surface area (Å²) in [4.78, 5) is 37.2. The monoisotopic (exact) mass is 510 g/mol. The molecule has 3 aliphatic rings. The third-order valence-electron chi connectivity index (χ3n) is 7.62. The predicted octanol–water partition coefficient (Wildman–Crippen LogP) is 3.78. The van der Waals surface area contributed by atoms with Gasteiger partial charge in [0.1, 0.15) is 11.5 Å². The number of Topliss-reactive ketones (excluding diaryl/α,β-unsaturated/α-hetero) is 1. The number of anilines is 2. The average Bonchev–Trinajstić information content (AvgIpc) is 3.23. The number of hydrogen-bond donors (Lipinski definition) is 1. The van der Waals surface area contributed by atoms with Crippen LogP contribution < -0.4 is 14.5 Å². The smallest absolute Gasteiger partial charge is 0.300 e. The zero-order chi connectivity index (χ0) is 26.2. The Morgan fingerprint density at radius 1 is 1.00 bits per heavy atom. The molecule has 8 nitrogen and oxygen atoms in total. The standard InChI is InChI=1S/C30H30N4O4/c1-32-13-15-33(16-14-32)23-7-9-24(10-8-23)34-27(22-4-2-12-31-19-22)26(29(36)30(34)37)28(35)21-6-11-25-20(18-21)5-3-17-38-25/h2,4,6-12,18-19,27,35H,3,5,13-17H2,1H3/b28-26-. The van der Waals surface area contributed by atoms with E-state index >= 15 is 0 Å². The molecule has 2 aromatic carbocycles.